The largest absolute Gasteiger partial charge is 0.422 e. The molecule has 0 spiro atoms. The first-order valence-corrected chi connectivity index (χ1v) is 11.9. The predicted octanol–water partition coefficient (Wildman–Crippen LogP) is 5.01. The van der Waals surface area contributed by atoms with Gasteiger partial charge in [0.15, 0.2) is 0 Å². The van der Waals surface area contributed by atoms with Crippen LogP contribution in [0.2, 0.25) is 0 Å². The third-order valence-electron chi connectivity index (χ3n) is 5.27. The second kappa shape index (κ2) is 11.4. The number of halogens is 1. The number of fused-ring (bicyclic) bond motifs is 1. The van der Waals surface area contributed by atoms with Crippen molar-refractivity contribution in [2.24, 2.45) is 5.10 Å². The molecule has 0 atom stereocenters. The van der Waals surface area contributed by atoms with Crippen molar-refractivity contribution in [1.29, 1.82) is 0 Å². The molecule has 0 bridgehead atoms. The van der Waals surface area contributed by atoms with Crippen molar-refractivity contribution in [2.45, 2.75) is 6.92 Å². The Balaban J connectivity index is 1.47. The summed E-state index contributed by atoms with van der Waals surface area (Å²) in [7, 11) is 0. The van der Waals surface area contributed by atoms with Crippen LogP contribution in [0.15, 0.2) is 94.5 Å². The summed E-state index contributed by atoms with van der Waals surface area (Å²) in [4.78, 5) is 37.2. The van der Waals surface area contributed by atoms with Crippen LogP contribution in [0.1, 0.15) is 31.8 Å². The lowest BCUT2D eigenvalue weighted by Gasteiger charge is -2.11. The van der Waals surface area contributed by atoms with Crippen LogP contribution in [0.5, 0.6) is 5.75 Å². The number of carbonyl (C=O) groups excluding carboxylic acids is 3. The fourth-order valence-corrected chi connectivity index (χ4v) is 3.93. The zero-order chi connectivity index (χ0) is 25.5. The summed E-state index contributed by atoms with van der Waals surface area (Å²) < 4.78 is 6.45. The van der Waals surface area contributed by atoms with E-state index in [0.29, 0.717) is 22.4 Å². The van der Waals surface area contributed by atoms with Crippen LogP contribution in [0, 0.1) is 6.92 Å². The molecule has 2 amide bonds. The molecule has 36 heavy (non-hydrogen) atoms. The number of rotatable bonds is 7. The van der Waals surface area contributed by atoms with Gasteiger partial charge in [-0.3, -0.25) is 9.59 Å². The van der Waals surface area contributed by atoms with Crippen molar-refractivity contribution in [2.75, 3.05) is 6.54 Å². The lowest BCUT2D eigenvalue weighted by Crippen LogP contribution is -2.34. The Bertz CT molecular complexity index is 1480. The lowest BCUT2D eigenvalue weighted by atomic mass is 10.0. The maximum absolute atomic E-state index is 12.7. The topological polar surface area (TPSA) is 96.9 Å². The smallest absolute Gasteiger partial charge is 0.343 e. The van der Waals surface area contributed by atoms with E-state index in [4.69, 9.17) is 4.74 Å². The van der Waals surface area contributed by atoms with Gasteiger partial charge in [0, 0.05) is 15.6 Å². The Morgan fingerprint density at radius 3 is 2.50 bits per heavy atom. The Hall–Kier alpha value is -4.30. The summed E-state index contributed by atoms with van der Waals surface area (Å²) in [6.07, 6.45) is 1.43. The Kier molecular flexibility index (Phi) is 7.87. The molecule has 8 heteroatoms. The maximum atomic E-state index is 12.7. The van der Waals surface area contributed by atoms with Crippen LogP contribution in [-0.2, 0) is 4.79 Å². The predicted molar refractivity (Wildman–Crippen MR) is 142 cm³/mol. The second-order valence-corrected chi connectivity index (χ2v) is 8.86. The second-order valence-electron chi connectivity index (χ2n) is 7.94. The number of hydrazone groups is 1. The van der Waals surface area contributed by atoms with Gasteiger partial charge < -0.3 is 10.1 Å². The van der Waals surface area contributed by atoms with E-state index in [0.717, 1.165) is 20.8 Å². The number of carbonyl (C=O) groups is 3. The molecule has 0 fully saturated rings. The summed E-state index contributed by atoms with van der Waals surface area (Å²) in [6.45, 7) is 1.64. The Labute approximate surface area is 216 Å². The van der Waals surface area contributed by atoms with Gasteiger partial charge in [0.25, 0.3) is 11.8 Å². The number of ether oxygens (including phenoxy) is 1. The van der Waals surface area contributed by atoms with Crippen LogP contribution < -0.4 is 15.5 Å². The third-order valence-corrected chi connectivity index (χ3v) is 5.76. The van der Waals surface area contributed by atoms with E-state index in [1.807, 2.05) is 43.3 Å². The molecule has 4 aromatic carbocycles. The van der Waals surface area contributed by atoms with E-state index in [9.17, 15) is 14.4 Å². The average molecular weight is 544 g/mol. The fraction of sp³-hybridized carbons (Fsp3) is 0.0714. The van der Waals surface area contributed by atoms with Crippen LogP contribution in [0.4, 0.5) is 0 Å². The molecule has 0 saturated heterocycles. The molecule has 0 unspecified atom stereocenters. The summed E-state index contributed by atoms with van der Waals surface area (Å²) in [6, 6.07) is 25.1. The van der Waals surface area contributed by atoms with E-state index < -0.39 is 11.9 Å². The molecule has 0 saturated carbocycles. The lowest BCUT2D eigenvalue weighted by molar-refractivity contribution is -0.120. The first kappa shape index (κ1) is 24.8. The minimum absolute atomic E-state index is 0.257. The molecule has 4 rings (SSSR count). The highest BCUT2D eigenvalue weighted by molar-refractivity contribution is 9.10. The molecule has 7 nitrogen and oxygen atoms in total. The molecule has 2 N–H and O–H groups in total. The number of esters is 1. The number of hydrogen-bond donors (Lipinski definition) is 2. The molecule has 4 aromatic rings. The van der Waals surface area contributed by atoms with Crippen LogP contribution in [0.25, 0.3) is 10.8 Å². The van der Waals surface area contributed by atoms with E-state index in [2.05, 4.69) is 31.8 Å². The first-order valence-electron chi connectivity index (χ1n) is 11.1. The normalized spacial score (nSPS) is 10.8. The van der Waals surface area contributed by atoms with Gasteiger partial charge in [-0.15, -0.1) is 0 Å². The van der Waals surface area contributed by atoms with E-state index in [1.165, 1.54) is 6.21 Å². The van der Waals surface area contributed by atoms with Gasteiger partial charge >= 0.3 is 5.97 Å². The monoisotopic (exact) mass is 543 g/mol. The summed E-state index contributed by atoms with van der Waals surface area (Å²) in [5.74, 6) is -1.08. The Morgan fingerprint density at radius 1 is 0.917 bits per heavy atom. The molecule has 0 aliphatic carbocycles. The maximum Gasteiger partial charge on any atom is 0.343 e. The SMILES string of the molecule is Cc1cccc(C(=O)Oc2ccc3ccccc3c2C=NNC(=O)CNC(=O)c2cccc(Br)c2)c1. The standard InChI is InChI=1S/C28H22BrN3O4/c1-18-6-4-9-21(14-18)28(35)36-25-13-12-19-7-2-3-11-23(19)24(25)16-31-32-26(33)17-30-27(34)20-8-5-10-22(29)15-20/h2-16H,17H2,1H3,(H,30,34)(H,32,33). The highest BCUT2D eigenvalue weighted by atomic mass is 79.9. The number of hydrogen-bond acceptors (Lipinski definition) is 5. The van der Waals surface area contributed by atoms with Gasteiger partial charge in [-0.25, -0.2) is 10.2 Å². The number of aryl methyl sites for hydroxylation is 1. The van der Waals surface area contributed by atoms with Gasteiger partial charge in [0.05, 0.1) is 18.3 Å². The molecule has 180 valence electrons. The molecular weight excluding hydrogens is 522 g/mol. The number of nitrogens with zero attached hydrogens (tertiary/aromatic N) is 1. The third kappa shape index (κ3) is 6.22. The van der Waals surface area contributed by atoms with Crippen molar-refractivity contribution in [3.63, 3.8) is 0 Å². The van der Waals surface area contributed by atoms with Crippen molar-refractivity contribution >= 4 is 50.7 Å². The van der Waals surface area contributed by atoms with Gasteiger partial charge in [-0.2, -0.15) is 5.10 Å². The number of nitrogens with one attached hydrogen (secondary N) is 2. The average Bonchev–Trinajstić information content (AvgIpc) is 2.88. The van der Waals surface area contributed by atoms with Crippen molar-refractivity contribution in [1.82, 2.24) is 10.7 Å². The van der Waals surface area contributed by atoms with Gasteiger partial charge in [0.2, 0.25) is 0 Å². The first-order chi connectivity index (χ1) is 17.4. The van der Waals surface area contributed by atoms with Crippen molar-refractivity contribution < 1.29 is 19.1 Å². The molecular formula is C28H22BrN3O4. The van der Waals surface area contributed by atoms with Gasteiger partial charge in [0.1, 0.15) is 5.75 Å². The summed E-state index contributed by atoms with van der Waals surface area (Å²) in [5.41, 5.74) is 4.74. The minimum Gasteiger partial charge on any atom is -0.422 e. The number of amides is 2. The van der Waals surface area contributed by atoms with E-state index >= 15 is 0 Å². The molecule has 0 heterocycles. The highest BCUT2D eigenvalue weighted by Gasteiger charge is 2.14. The minimum atomic E-state index is -0.506. The van der Waals surface area contributed by atoms with Crippen LogP contribution in [-0.4, -0.2) is 30.5 Å². The van der Waals surface area contributed by atoms with E-state index in [1.54, 1.807) is 48.5 Å². The zero-order valence-electron chi connectivity index (χ0n) is 19.3. The Morgan fingerprint density at radius 2 is 1.69 bits per heavy atom. The summed E-state index contributed by atoms with van der Waals surface area (Å²) >= 11 is 3.31. The number of benzene rings is 4. The molecule has 0 aromatic heterocycles. The molecule has 0 aliphatic heterocycles. The highest BCUT2D eigenvalue weighted by Crippen LogP contribution is 2.27. The van der Waals surface area contributed by atoms with E-state index in [-0.39, 0.29) is 12.5 Å². The van der Waals surface area contributed by atoms with Gasteiger partial charge in [-0.1, -0.05) is 70.0 Å². The van der Waals surface area contributed by atoms with Crippen molar-refractivity contribution in [3.05, 3.63) is 112 Å². The molecule has 0 radical (unpaired) electrons. The summed E-state index contributed by atoms with van der Waals surface area (Å²) in [5, 5.41) is 8.30. The molecule has 0 aliphatic rings. The fourth-order valence-electron chi connectivity index (χ4n) is 3.53. The zero-order valence-corrected chi connectivity index (χ0v) is 20.9. The van der Waals surface area contributed by atoms with Crippen LogP contribution in [0.3, 0.4) is 0 Å². The van der Waals surface area contributed by atoms with Crippen molar-refractivity contribution in [3.8, 4) is 5.75 Å². The quantitative estimate of drug-likeness (QED) is 0.148. The van der Waals surface area contributed by atoms with Gasteiger partial charge in [-0.05, 0) is 54.1 Å². The van der Waals surface area contributed by atoms with Crippen LogP contribution >= 0.6 is 15.9 Å².